The molecule has 138 valence electrons. The van der Waals surface area contributed by atoms with Gasteiger partial charge >= 0.3 is 5.97 Å². The van der Waals surface area contributed by atoms with Crippen LogP contribution in [0.4, 0.5) is 5.69 Å². The maximum Gasteiger partial charge on any atom is 0.374 e. The Bertz CT molecular complexity index is 923. The van der Waals surface area contributed by atoms with E-state index in [9.17, 15) is 9.59 Å². The number of halogens is 1. The summed E-state index contributed by atoms with van der Waals surface area (Å²) >= 11 is 3.33. The van der Waals surface area contributed by atoms with Gasteiger partial charge in [-0.1, -0.05) is 30.3 Å². The Hall–Kier alpha value is -3.06. The van der Waals surface area contributed by atoms with Crippen LogP contribution >= 0.6 is 15.9 Å². The second kappa shape index (κ2) is 9.05. The summed E-state index contributed by atoms with van der Waals surface area (Å²) in [7, 11) is 0. The van der Waals surface area contributed by atoms with Crippen LogP contribution in [-0.4, -0.2) is 18.5 Å². The minimum absolute atomic E-state index is 0.00959. The Kier molecular flexibility index (Phi) is 6.27. The van der Waals surface area contributed by atoms with E-state index in [1.165, 1.54) is 6.07 Å². The molecule has 3 rings (SSSR count). The van der Waals surface area contributed by atoms with Gasteiger partial charge in [-0.2, -0.15) is 0 Å². The molecule has 0 aliphatic rings. The van der Waals surface area contributed by atoms with Crippen molar-refractivity contribution in [3.05, 3.63) is 82.7 Å². The summed E-state index contributed by atoms with van der Waals surface area (Å²) < 4.78 is 16.7. The van der Waals surface area contributed by atoms with Crippen LogP contribution in [0.1, 0.15) is 16.3 Å². The first-order valence-corrected chi connectivity index (χ1v) is 8.89. The van der Waals surface area contributed by atoms with E-state index in [2.05, 4.69) is 21.2 Å². The van der Waals surface area contributed by atoms with E-state index in [1.807, 2.05) is 36.4 Å². The van der Waals surface area contributed by atoms with Crippen molar-refractivity contribution >= 4 is 33.5 Å². The highest BCUT2D eigenvalue weighted by Gasteiger charge is 2.15. The quantitative estimate of drug-likeness (QED) is 0.562. The molecule has 0 saturated carbocycles. The van der Waals surface area contributed by atoms with Gasteiger partial charge < -0.3 is 19.2 Å². The maximum absolute atomic E-state index is 12.0. The van der Waals surface area contributed by atoms with Crippen molar-refractivity contribution < 1.29 is 23.5 Å². The van der Waals surface area contributed by atoms with Crippen molar-refractivity contribution in [3.63, 3.8) is 0 Å². The lowest BCUT2D eigenvalue weighted by molar-refractivity contribution is -0.119. The number of carbonyl (C=O) groups excluding carboxylic acids is 2. The highest BCUT2D eigenvalue weighted by molar-refractivity contribution is 9.10. The number of amides is 1. The van der Waals surface area contributed by atoms with E-state index in [0.29, 0.717) is 17.2 Å². The molecule has 1 aromatic heterocycles. The normalized spacial score (nSPS) is 10.3. The van der Waals surface area contributed by atoms with Crippen LogP contribution < -0.4 is 10.1 Å². The number of benzene rings is 2. The largest absolute Gasteiger partial charge is 0.486 e. The average Bonchev–Trinajstić information content (AvgIpc) is 3.16. The molecule has 0 spiro atoms. The Labute approximate surface area is 164 Å². The number of anilines is 1. The van der Waals surface area contributed by atoms with E-state index >= 15 is 0 Å². The molecular formula is C20H16BrNO5. The lowest BCUT2D eigenvalue weighted by Gasteiger charge is -2.07. The lowest BCUT2D eigenvalue weighted by atomic mass is 10.3. The van der Waals surface area contributed by atoms with Crippen molar-refractivity contribution in [2.75, 3.05) is 11.9 Å². The van der Waals surface area contributed by atoms with Gasteiger partial charge in [-0.25, -0.2) is 4.79 Å². The predicted molar refractivity (Wildman–Crippen MR) is 103 cm³/mol. The third-order valence-electron chi connectivity index (χ3n) is 3.47. The molecule has 7 heteroatoms. The Balaban J connectivity index is 1.47. The van der Waals surface area contributed by atoms with E-state index in [4.69, 9.17) is 13.9 Å². The van der Waals surface area contributed by atoms with Crippen molar-refractivity contribution in [1.29, 1.82) is 0 Å². The molecular weight excluding hydrogens is 414 g/mol. The van der Waals surface area contributed by atoms with E-state index < -0.39 is 18.5 Å². The minimum Gasteiger partial charge on any atom is -0.486 e. The summed E-state index contributed by atoms with van der Waals surface area (Å²) in [5.74, 6) is 0.0123. The predicted octanol–water partition coefficient (Wildman–Crippen LogP) is 4.42. The van der Waals surface area contributed by atoms with Gasteiger partial charge in [0.25, 0.3) is 5.91 Å². The van der Waals surface area contributed by atoms with Gasteiger partial charge in [0.15, 0.2) is 6.61 Å². The molecule has 1 N–H and O–H groups in total. The summed E-state index contributed by atoms with van der Waals surface area (Å²) in [6.07, 6.45) is 0. The van der Waals surface area contributed by atoms with Crippen molar-refractivity contribution in [2.45, 2.75) is 6.61 Å². The van der Waals surface area contributed by atoms with Crippen LogP contribution in [0.5, 0.6) is 5.75 Å². The van der Waals surface area contributed by atoms with Gasteiger partial charge in [0.1, 0.15) is 18.1 Å². The number of ether oxygens (including phenoxy) is 2. The standard InChI is InChI=1S/C20H16BrNO5/c21-16-8-4-5-9-17(16)22-19(23)13-26-20(24)18-11-10-15(27-18)12-25-14-6-2-1-3-7-14/h1-11H,12-13H2,(H,22,23). The Morgan fingerprint density at radius 2 is 1.70 bits per heavy atom. The molecule has 0 fully saturated rings. The summed E-state index contributed by atoms with van der Waals surface area (Å²) in [4.78, 5) is 23.9. The van der Waals surface area contributed by atoms with Crippen LogP contribution in [0.3, 0.4) is 0 Å². The second-order valence-electron chi connectivity index (χ2n) is 5.47. The molecule has 0 atom stereocenters. The molecule has 1 heterocycles. The molecule has 6 nitrogen and oxygen atoms in total. The molecule has 0 saturated heterocycles. The number of nitrogens with one attached hydrogen (secondary N) is 1. The van der Waals surface area contributed by atoms with Gasteiger partial charge in [0.05, 0.1) is 5.69 Å². The number of esters is 1. The van der Waals surface area contributed by atoms with Crippen LogP contribution in [0.25, 0.3) is 0 Å². The first kappa shape index (κ1) is 18.7. The number of rotatable bonds is 7. The zero-order chi connectivity index (χ0) is 19.1. The van der Waals surface area contributed by atoms with E-state index in [1.54, 1.807) is 24.3 Å². The fourth-order valence-electron chi connectivity index (χ4n) is 2.19. The monoisotopic (exact) mass is 429 g/mol. The van der Waals surface area contributed by atoms with Crippen molar-refractivity contribution in [2.24, 2.45) is 0 Å². The third kappa shape index (κ3) is 5.46. The van der Waals surface area contributed by atoms with Gasteiger partial charge in [0, 0.05) is 4.47 Å². The van der Waals surface area contributed by atoms with Crippen molar-refractivity contribution in [1.82, 2.24) is 0 Å². The zero-order valence-corrected chi connectivity index (χ0v) is 15.8. The number of hydrogen-bond donors (Lipinski definition) is 1. The van der Waals surface area contributed by atoms with Gasteiger partial charge in [-0.05, 0) is 52.3 Å². The highest BCUT2D eigenvalue weighted by Crippen LogP contribution is 2.21. The van der Waals surface area contributed by atoms with Gasteiger partial charge in [0.2, 0.25) is 5.76 Å². The second-order valence-corrected chi connectivity index (χ2v) is 6.33. The third-order valence-corrected chi connectivity index (χ3v) is 4.16. The summed E-state index contributed by atoms with van der Waals surface area (Å²) in [5.41, 5.74) is 0.594. The maximum atomic E-state index is 12.0. The molecule has 0 unspecified atom stereocenters. The molecule has 0 bridgehead atoms. The van der Waals surface area contributed by atoms with Crippen LogP contribution in [0, 0.1) is 0 Å². The Morgan fingerprint density at radius 3 is 2.48 bits per heavy atom. The fourth-order valence-corrected chi connectivity index (χ4v) is 2.57. The van der Waals surface area contributed by atoms with Crippen LogP contribution in [0.2, 0.25) is 0 Å². The average molecular weight is 430 g/mol. The molecule has 27 heavy (non-hydrogen) atoms. The zero-order valence-electron chi connectivity index (χ0n) is 14.2. The van der Waals surface area contributed by atoms with Crippen LogP contribution in [-0.2, 0) is 16.1 Å². The molecule has 2 aromatic carbocycles. The Morgan fingerprint density at radius 1 is 0.963 bits per heavy atom. The van der Waals surface area contributed by atoms with Gasteiger partial charge in [-0.3, -0.25) is 4.79 Å². The topological polar surface area (TPSA) is 77.8 Å². The van der Waals surface area contributed by atoms with E-state index in [0.717, 1.165) is 4.47 Å². The molecule has 0 aliphatic heterocycles. The molecule has 0 aliphatic carbocycles. The first-order valence-electron chi connectivity index (χ1n) is 8.10. The summed E-state index contributed by atoms with van der Waals surface area (Å²) in [6, 6.07) is 19.5. The minimum atomic E-state index is -0.719. The number of hydrogen-bond acceptors (Lipinski definition) is 5. The lowest BCUT2D eigenvalue weighted by Crippen LogP contribution is -2.20. The summed E-state index contributed by atoms with van der Waals surface area (Å²) in [6.45, 7) is -0.240. The molecule has 0 radical (unpaired) electrons. The molecule has 3 aromatic rings. The fraction of sp³-hybridized carbons (Fsp3) is 0.100. The van der Waals surface area contributed by atoms with Crippen molar-refractivity contribution in [3.8, 4) is 5.75 Å². The number of para-hydroxylation sites is 2. The highest BCUT2D eigenvalue weighted by atomic mass is 79.9. The van der Waals surface area contributed by atoms with Crippen LogP contribution in [0.15, 0.2) is 75.6 Å². The smallest absolute Gasteiger partial charge is 0.374 e. The first-order chi connectivity index (χ1) is 13.1. The summed E-state index contributed by atoms with van der Waals surface area (Å²) in [5, 5.41) is 2.65. The van der Waals surface area contributed by atoms with Gasteiger partial charge in [-0.15, -0.1) is 0 Å². The molecule has 1 amide bonds. The SMILES string of the molecule is O=C(COC(=O)c1ccc(COc2ccccc2)o1)Nc1ccccc1Br. The number of carbonyl (C=O) groups is 2. The van der Waals surface area contributed by atoms with E-state index in [-0.39, 0.29) is 12.4 Å². The number of furan rings is 1.